The number of methoxy groups -OCH3 is 1. The molecule has 0 atom stereocenters. The summed E-state index contributed by atoms with van der Waals surface area (Å²) in [5, 5.41) is 3.22. The molecule has 0 fully saturated rings. The van der Waals surface area contributed by atoms with Crippen LogP contribution in [0.4, 0.5) is 5.69 Å². The molecule has 142 valence electrons. The molecule has 3 rings (SSSR count). The van der Waals surface area contributed by atoms with Crippen molar-refractivity contribution in [2.75, 3.05) is 25.5 Å². The molecule has 1 aliphatic rings. The number of nitrogens with one attached hydrogen (secondary N) is 1. The SMILES string of the molecule is COC(=O)CCC(=O)N1CCc2nc(C(=O)Nc3ccncc3)sc2CC1. The van der Waals surface area contributed by atoms with Gasteiger partial charge in [0.15, 0.2) is 5.01 Å². The highest BCUT2D eigenvalue weighted by Crippen LogP contribution is 2.24. The third-order valence-corrected chi connectivity index (χ3v) is 5.42. The van der Waals surface area contributed by atoms with Crippen LogP contribution in [-0.4, -0.2) is 52.9 Å². The van der Waals surface area contributed by atoms with Crippen LogP contribution in [0.15, 0.2) is 24.5 Å². The summed E-state index contributed by atoms with van der Waals surface area (Å²) < 4.78 is 4.57. The van der Waals surface area contributed by atoms with Gasteiger partial charge in [0.1, 0.15) is 0 Å². The largest absolute Gasteiger partial charge is 0.469 e. The molecule has 0 saturated carbocycles. The summed E-state index contributed by atoms with van der Waals surface area (Å²) in [5.74, 6) is -0.694. The lowest BCUT2D eigenvalue weighted by atomic mass is 10.2. The molecule has 0 saturated heterocycles. The van der Waals surface area contributed by atoms with Gasteiger partial charge in [-0.05, 0) is 12.1 Å². The maximum absolute atomic E-state index is 12.4. The Bertz CT molecular complexity index is 812. The van der Waals surface area contributed by atoms with Gasteiger partial charge in [-0.25, -0.2) is 4.98 Å². The number of esters is 1. The molecule has 0 radical (unpaired) electrons. The first-order valence-electron chi connectivity index (χ1n) is 8.61. The van der Waals surface area contributed by atoms with Crippen LogP contribution in [0, 0.1) is 0 Å². The number of fused-ring (bicyclic) bond motifs is 1. The molecule has 1 aliphatic heterocycles. The fourth-order valence-electron chi connectivity index (χ4n) is 2.80. The van der Waals surface area contributed by atoms with Crippen molar-refractivity contribution in [2.45, 2.75) is 25.7 Å². The predicted octanol–water partition coefficient (Wildman–Crippen LogP) is 1.67. The van der Waals surface area contributed by atoms with Crippen LogP contribution in [0.1, 0.15) is 33.2 Å². The molecule has 2 amide bonds. The third-order valence-electron chi connectivity index (χ3n) is 4.26. The van der Waals surface area contributed by atoms with Gasteiger partial charge >= 0.3 is 5.97 Å². The van der Waals surface area contributed by atoms with E-state index in [1.807, 2.05) is 0 Å². The molecule has 0 bridgehead atoms. The number of hydrogen-bond donors (Lipinski definition) is 1. The van der Waals surface area contributed by atoms with E-state index in [1.165, 1.54) is 18.4 Å². The molecule has 3 heterocycles. The number of carbonyl (C=O) groups excluding carboxylic acids is 3. The smallest absolute Gasteiger partial charge is 0.306 e. The number of rotatable bonds is 5. The summed E-state index contributed by atoms with van der Waals surface area (Å²) in [5.41, 5.74) is 1.53. The second-order valence-corrected chi connectivity index (χ2v) is 7.12. The Morgan fingerprint density at radius 3 is 2.67 bits per heavy atom. The van der Waals surface area contributed by atoms with Crippen molar-refractivity contribution < 1.29 is 19.1 Å². The molecule has 0 aromatic carbocycles. The summed E-state index contributed by atoms with van der Waals surface area (Å²) in [6, 6.07) is 3.43. The van der Waals surface area contributed by atoms with Crippen LogP contribution in [-0.2, 0) is 27.2 Å². The number of ether oxygens (including phenoxy) is 1. The van der Waals surface area contributed by atoms with E-state index < -0.39 is 0 Å². The van der Waals surface area contributed by atoms with Crippen molar-refractivity contribution in [3.8, 4) is 0 Å². The van der Waals surface area contributed by atoms with Crippen LogP contribution in [0.3, 0.4) is 0 Å². The highest BCUT2D eigenvalue weighted by Gasteiger charge is 2.23. The maximum atomic E-state index is 12.4. The van der Waals surface area contributed by atoms with Crippen molar-refractivity contribution in [2.24, 2.45) is 0 Å². The minimum absolute atomic E-state index is 0.0637. The number of hydrogen-bond acceptors (Lipinski definition) is 7. The number of nitrogens with zero attached hydrogens (tertiary/aromatic N) is 3. The van der Waals surface area contributed by atoms with E-state index in [4.69, 9.17) is 0 Å². The second-order valence-electron chi connectivity index (χ2n) is 6.04. The van der Waals surface area contributed by atoms with Gasteiger partial charge in [-0.15, -0.1) is 11.3 Å². The molecule has 2 aromatic heterocycles. The first kappa shape index (κ1) is 19.0. The molecular weight excluding hydrogens is 368 g/mol. The van der Waals surface area contributed by atoms with Gasteiger partial charge in [0.25, 0.3) is 5.91 Å². The first-order valence-corrected chi connectivity index (χ1v) is 9.43. The zero-order chi connectivity index (χ0) is 19.2. The Kier molecular flexibility index (Phi) is 6.12. The quantitative estimate of drug-likeness (QED) is 0.782. The lowest BCUT2D eigenvalue weighted by Gasteiger charge is -2.19. The van der Waals surface area contributed by atoms with E-state index >= 15 is 0 Å². The minimum Gasteiger partial charge on any atom is -0.469 e. The number of pyridine rings is 1. The summed E-state index contributed by atoms with van der Waals surface area (Å²) in [6.07, 6.45) is 4.70. The number of amides is 2. The van der Waals surface area contributed by atoms with Crippen molar-refractivity contribution in [3.05, 3.63) is 40.1 Å². The van der Waals surface area contributed by atoms with E-state index in [0.717, 1.165) is 10.6 Å². The van der Waals surface area contributed by atoms with Gasteiger partial charge in [-0.2, -0.15) is 0 Å². The van der Waals surface area contributed by atoms with Crippen molar-refractivity contribution in [1.82, 2.24) is 14.9 Å². The van der Waals surface area contributed by atoms with Crippen LogP contribution >= 0.6 is 11.3 Å². The van der Waals surface area contributed by atoms with Crippen molar-refractivity contribution in [3.63, 3.8) is 0 Å². The van der Waals surface area contributed by atoms with Gasteiger partial charge < -0.3 is 15.0 Å². The highest BCUT2D eigenvalue weighted by molar-refractivity contribution is 7.13. The number of carbonyl (C=O) groups is 3. The van der Waals surface area contributed by atoms with E-state index in [9.17, 15) is 14.4 Å². The van der Waals surface area contributed by atoms with Gasteiger partial charge in [-0.1, -0.05) is 0 Å². The van der Waals surface area contributed by atoms with E-state index in [0.29, 0.717) is 36.6 Å². The molecule has 0 aliphatic carbocycles. The van der Waals surface area contributed by atoms with Gasteiger partial charge in [0.05, 0.1) is 19.2 Å². The molecule has 0 unspecified atom stereocenters. The molecule has 1 N–H and O–H groups in total. The molecule has 8 nitrogen and oxygen atoms in total. The predicted molar refractivity (Wildman–Crippen MR) is 99.5 cm³/mol. The van der Waals surface area contributed by atoms with Crippen molar-refractivity contribution >= 4 is 34.8 Å². The lowest BCUT2D eigenvalue weighted by Crippen LogP contribution is -2.33. The van der Waals surface area contributed by atoms with E-state index in [2.05, 4.69) is 20.0 Å². The third kappa shape index (κ3) is 4.88. The highest BCUT2D eigenvalue weighted by atomic mass is 32.1. The Morgan fingerprint density at radius 1 is 1.19 bits per heavy atom. The first-order chi connectivity index (χ1) is 13.1. The fraction of sp³-hybridized carbons (Fsp3) is 0.389. The molecule has 27 heavy (non-hydrogen) atoms. The van der Waals surface area contributed by atoms with Crippen LogP contribution in [0.2, 0.25) is 0 Å². The molecule has 0 spiro atoms. The van der Waals surface area contributed by atoms with Crippen LogP contribution in [0.5, 0.6) is 0 Å². The maximum Gasteiger partial charge on any atom is 0.306 e. The Morgan fingerprint density at radius 2 is 1.93 bits per heavy atom. The monoisotopic (exact) mass is 388 g/mol. The van der Waals surface area contributed by atoms with E-state index in [1.54, 1.807) is 29.4 Å². The second kappa shape index (κ2) is 8.72. The summed E-state index contributed by atoms with van der Waals surface area (Å²) >= 11 is 1.36. The summed E-state index contributed by atoms with van der Waals surface area (Å²) in [7, 11) is 1.31. The average Bonchev–Trinajstić information content (AvgIpc) is 3.00. The number of aromatic nitrogens is 2. The fourth-order valence-corrected chi connectivity index (χ4v) is 3.79. The summed E-state index contributed by atoms with van der Waals surface area (Å²) in [6.45, 7) is 1.09. The zero-order valence-corrected chi connectivity index (χ0v) is 15.8. The molecule has 9 heteroatoms. The topological polar surface area (TPSA) is 101 Å². The molecule has 2 aromatic rings. The van der Waals surface area contributed by atoms with Gasteiger partial charge in [0, 0.05) is 55.3 Å². The Balaban J connectivity index is 1.58. The summed E-state index contributed by atoms with van der Waals surface area (Å²) in [4.78, 5) is 47.0. The Labute approximate surface area is 160 Å². The van der Waals surface area contributed by atoms with Gasteiger partial charge in [-0.3, -0.25) is 19.4 Å². The zero-order valence-electron chi connectivity index (χ0n) is 14.9. The van der Waals surface area contributed by atoms with Crippen LogP contribution < -0.4 is 5.32 Å². The standard InChI is InChI=1S/C18H20N4O4S/c1-26-16(24)3-2-15(23)22-10-6-13-14(7-11-22)27-18(21-13)17(25)20-12-4-8-19-9-5-12/h4-5,8-9H,2-3,6-7,10-11H2,1H3,(H,19,20,25). The lowest BCUT2D eigenvalue weighted by molar-refractivity contribution is -0.143. The van der Waals surface area contributed by atoms with Crippen molar-refractivity contribution in [1.29, 1.82) is 0 Å². The van der Waals surface area contributed by atoms with Gasteiger partial charge in [0.2, 0.25) is 5.91 Å². The average molecular weight is 388 g/mol. The van der Waals surface area contributed by atoms with E-state index in [-0.39, 0.29) is 30.6 Å². The number of thiazole rings is 1. The normalized spacial score (nSPS) is 13.4. The Hall–Kier alpha value is -2.81. The number of anilines is 1. The van der Waals surface area contributed by atoms with Crippen LogP contribution in [0.25, 0.3) is 0 Å². The molecular formula is C18H20N4O4S. The minimum atomic E-state index is -0.385.